The van der Waals surface area contributed by atoms with Gasteiger partial charge in [-0.15, -0.1) is 0 Å². The largest absolute Gasteiger partial charge is 0.344 e. The van der Waals surface area contributed by atoms with Crippen molar-refractivity contribution in [3.8, 4) is 0 Å². The Hall–Kier alpha value is -2.17. The van der Waals surface area contributed by atoms with Crippen LogP contribution in [0.3, 0.4) is 0 Å². The Morgan fingerprint density at radius 3 is 2.12 bits per heavy atom. The Morgan fingerprint density at radius 1 is 1.12 bits per heavy atom. The van der Waals surface area contributed by atoms with Gasteiger partial charge in [-0.05, 0) is 30.9 Å². The van der Waals surface area contributed by atoms with Gasteiger partial charge in [-0.1, -0.05) is 39.3 Å². The summed E-state index contributed by atoms with van der Waals surface area (Å²) in [7, 11) is 1.74. The third kappa shape index (κ3) is 3.50. The predicted molar refractivity (Wildman–Crippen MR) is 92.7 cm³/mol. The lowest BCUT2D eigenvalue weighted by Gasteiger charge is -2.30. The van der Waals surface area contributed by atoms with Crippen LogP contribution in [0.1, 0.15) is 60.7 Å². The fourth-order valence-corrected chi connectivity index (χ4v) is 3.01. The van der Waals surface area contributed by atoms with Gasteiger partial charge in [0, 0.05) is 13.6 Å². The summed E-state index contributed by atoms with van der Waals surface area (Å²) >= 11 is 0. The summed E-state index contributed by atoms with van der Waals surface area (Å²) < 4.78 is 0. The highest BCUT2D eigenvalue weighted by Gasteiger charge is 2.43. The lowest BCUT2D eigenvalue weighted by molar-refractivity contribution is -0.134. The molecule has 1 aliphatic rings. The zero-order valence-corrected chi connectivity index (χ0v) is 14.9. The summed E-state index contributed by atoms with van der Waals surface area (Å²) in [4.78, 5) is 41.1. The summed E-state index contributed by atoms with van der Waals surface area (Å²) in [6.07, 6.45) is 2.36. The number of rotatable bonds is 7. The first-order chi connectivity index (χ1) is 11.4. The van der Waals surface area contributed by atoms with E-state index in [0.717, 1.165) is 17.7 Å². The second kappa shape index (κ2) is 7.60. The first-order valence-electron chi connectivity index (χ1n) is 8.60. The van der Waals surface area contributed by atoms with Crippen molar-refractivity contribution < 1.29 is 14.4 Å². The third-order valence-corrected chi connectivity index (χ3v) is 4.34. The monoisotopic (exact) mass is 330 g/mol. The zero-order valence-electron chi connectivity index (χ0n) is 14.9. The van der Waals surface area contributed by atoms with Crippen LogP contribution in [0.15, 0.2) is 24.3 Å². The Morgan fingerprint density at radius 2 is 1.67 bits per heavy atom. The van der Waals surface area contributed by atoms with E-state index in [1.807, 2.05) is 13.8 Å². The van der Waals surface area contributed by atoms with Gasteiger partial charge in [0.15, 0.2) is 0 Å². The molecule has 0 radical (unpaired) electrons. The number of fused-ring (bicyclic) bond motifs is 1. The molecule has 5 heteroatoms. The molecule has 0 saturated carbocycles. The average molecular weight is 330 g/mol. The number of carbonyl (C=O) groups is 3. The first-order valence-corrected chi connectivity index (χ1v) is 8.60. The second-order valence-corrected chi connectivity index (χ2v) is 6.78. The summed E-state index contributed by atoms with van der Waals surface area (Å²) in [5.74, 6) is -0.688. The van der Waals surface area contributed by atoms with Gasteiger partial charge >= 0.3 is 0 Å². The molecule has 1 aromatic carbocycles. The van der Waals surface area contributed by atoms with Gasteiger partial charge in [-0.2, -0.15) is 0 Å². The van der Waals surface area contributed by atoms with Gasteiger partial charge in [0.25, 0.3) is 11.8 Å². The van der Waals surface area contributed by atoms with Crippen LogP contribution in [0.2, 0.25) is 0 Å². The Labute approximate surface area is 143 Å². The van der Waals surface area contributed by atoms with Gasteiger partial charge in [0.2, 0.25) is 5.91 Å². The molecule has 3 amide bonds. The van der Waals surface area contributed by atoms with Crippen LogP contribution in [0.5, 0.6) is 0 Å². The number of hydrogen-bond donors (Lipinski definition) is 0. The van der Waals surface area contributed by atoms with Crippen molar-refractivity contribution >= 4 is 17.7 Å². The number of amides is 3. The van der Waals surface area contributed by atoms with Crippen LogP contribution < -0.4 is 0 Å². The molecule has 0 bridgehead atoms. The van der Waals surface area contributed by atoms with E-state index in [2.05, 4.69) is 6.92 Å². The smallest absolute Gasteiger partial charge is 0.262 e. The molecule has 1 heterocycles. The number of imide groups is 1. The van der Waals surface area contributed by atoms with Gasteiger partial charge in [-0.25, -0.2) is 0 Å². The Bertz CT molecular complexity index is 604. The lowest BCUT2D eigenvalue weighted by atomic mass is 10.0. The van der Waals surface area contributed by atoms with E-state index in [1.54, 1.807) is 36.2 Å². The minimum atomic E-state index is -0.737. The van der Waals surface area contributed by atoms with E-state index in [4.69, 9.17) is 0 Å². The number of carbonyl (C=O) groups excluding carboxylic acids is 3. The lowest BCUT2D eigenvalue weighted by Crippen LogP contribution is -2.50. The highest BCUT2D eigenvalue weighted by molar-refractivity contribution is 6.22. The Balaban J connectivity index is 2.30. The van der Waals surface area contributed by atoms with Gasteiger partial charge in [-0.3, -0.25) is 19.3 Å². The van der Waals surface area contributed by atoms with E-state index in [-0.39, 0.29) is 23.6 Å². The van der Waals surface area contributed by atoms with Crippen molar-refractivity contribution in [3.05, 3.63) is 35.4 Å². The third-order valence-electron chi connectivity index (χ3n) is 4.34. The van der Waals surface area contributed by atoms with Crippen LogP contribution in [-0.2, 0) is 4.79 Å². The summed E-state index contributed by atoms with van der Waals surface area (Å²) in [6.45, 7) is 6.68. The SMILES string of the molecule is CCCCN(C)C(=O)C(CC(C)C)N1C(=O)c2ccccc2C1=O. The predicted octanol–water partition coefficient (Wildman–Crippen LogP) is 2.96. The molecule has 2 rings (SSSR count). The molecule has 0 aliphatic carbocycles. The van der Waals surface area contributed by atoms with E-state index in [1.165, 1.54) is 0 Å². The highest BCUT2D eigenvalue weighted by atomic mass is 16.2. The average Bonchev–Trinajstić information content (AvgIpc) is 2.81. The molecule has 0 aromatic heterocycles. The number of hydrogen-bond acceptors (Lipinski definition) is 3. The van der Waals surface area contributed by atoms with E-state index < -0.39 is 6.04 Å². The molecule has 0 fully saturated rings. The highest BCUT2D eigenvalue weighted by Crippen LogP contribution is 2.27. The number of likely N-dealkylation sites (N-methyl/N-ethyl adjacent to an activating group) is 1. The van der Waals surface area contributed by atoms with Crippen molar-refractivity contribution in [1.82, 2.24) is 9.80 Å². The summed E-state index contributed by atoms with van der Waals surface area (Å²) in [5.41, 5.74) is 0.778. The summed E-state index contributed by atoms with van der Waals surface area (Å²) in [6, 6.07) is 6.03. The molecule has 0 saturated heterocycles. The minimum Gasteiger partial charge on any atom is -0.344 e. The maximum Gasteiger partial charge on any atom is 0.262 e. The second-order valence-electron chi connectivity index (χ2n) is 6.78. The maximum atomic E-state index is 12.9. The van der Waals surface area contributed by atoms with Crippen molar-refractivity contribution in [3.63, 3.8) is 0 Å². The number of nitrogens with zero attached hydrogens (tertiary/aromatic N) is 2. The zero-order chi connectivity index (χ0) is 17.9. The van der Waals surface area contributed by atoms with Crippen molar-refractivity contribution in [2.45, 2.75) is 46.1 Å². The van der Waals surface area contributed by atoms with Crippen LogP contribution in [0, 0.1) is 5.92 Å². The van der Waals surface area contributed by atoms with Gasteiger partial charge in [0.1, 0.15) is 6.04 Å². The van der Waals surface area contributed by atoms with Crippen LogP contribution in [0.4, 0.5) is 0 Å². The van der Waals surface area contributed by atoms with Crippen LogP contribution in [-0.4, -0.2) is 47.2 Å². The fraction of sp³-hybridized carbons (Fsp3) is 0.526. The molecule has 1 aromatic rings. The molecule has 130 valence electrons. The molecule has 1 atom stereocenters. The molecule has 24 heavy (non-hydrogen) atoms. The van der Waals surface area contributed by atoms with Crippen molar-refractivity contribution in [1.29, 1.82) is 0 Å². The van der Waals surface area contributed by atoms with E-state index in [9.17, 15) is 14.4 Å². The van der Waals surface area contributed by atoms with Crippen molar-refractivity contribution in [2.24, 2.45) is 5.92 Å². The maximum absolute atomic E-state index is 12.9. The minimum absolute atomic E-state index is 0.161. The topological polar surface area (TPSA) is 57.7 Å². The molecule has 0 N–H and O–H groups in total. The molecule has 0 spiro atoms. The van der Waals surface area contributed by atoms with Crippen molar-refractivity contribution in [2.75, 3.05) is 13.6 Å². The molecular formula is C19H26N2O3. The first kappa shape index (κ1) is 18.2. The van der Waals surface area contributed by atoms with Crippen LogP contribution in [0.25, 0.3) is 0 Å². The molecule has 1 unspecified atom stereocenters. The van der Waals surface area contributed by atoms with Gasteiger partial charge < -0.3 is 4.90 Å². The standard InChI is InChI=1S/C19H26N2O3/c1-5-6-11-20(4)19(24)16(12-13(2)3)21-17(22)14-9-7-8-10-15(14)18(21)23/h7-10,13,16H,5-6,11-12H2,1-4H3. The fourth-order valence-electron chi connectivity index (χ4n) is 3.01. The number of benzene rings is 1. The number of unbranched alkanes of at least 4 members (excludes halogenated alkanes) is 1. The Kier molecular flexibility index (Phi) is 5.75. The molecule has 5 nitrogen and oxygen atoms in total. The normalized spacial score (nSPS) is 15.0. The van der Waals surface area contributed by atoms with E-state index in [0.29, 0.717) is 24.1 Å². The molecular weight excluding hydrogens is 304 g/mol. The van der Waals surface area contributed by atoms with E-state index >= 15 is 0 Å². The summed E-state index contributed by atoms with van der Waals surface area (Å²) in [5, 5.41) is 0. The molecule has 1 aliphatic heterocycles. The van der Waals surface area contributed by atoms with Gasteiger partial charge in [0.05, 0.1) is 11.1 Å². The quantitative estimate of drug-likeness (QED) is 0.722. The van der Waals surface area contributed by atoms with Crippen LogP contribution >= 0.6 is 0 Å².